The fourth-order valence-electron chi connectivity index (χ4n) is 6.50. The summed E-state index contributed by atoms with van der Waals surface area (Å²) >= 11 is 0. The standard InChI is InChI=1S/C33H45N3O4/c1-3-5-19-39-30-21-25-15-18-35-29(27(25)22-31(30)40-20-6-4-2)23-28-26(32(35)37)13-10-17-36(28)33(38)34-16-14-24-11-8-7-9-12-24/h7-9,11-12,21-22,26,28-29H,3-6,10,13-20,23H2,1-2H3,(H,34,38)/t26-,28-,29-/m1/s1. The van der Waals surface area contributed by atoms with Crippen LogP contribution in [0.15, 0.2) is 42.5 Å². The molecule has 0 radical (unpaired) electrons. The van der Waals surface area contributed by atoms with E-state index in [0.717, 1.165) is 74.8 Å². The highest BCUT2D eigenvalue weighted by atomic mass is 16.5. The lowest BCUT2D eigenvalue weighted by atomic mass is 9.76. The molecule has 2 aromatic rings. The van der Waals surface area contributed by atoms with Gasteiger partial charge in [0, 0.05) is 25.7 Å². The van der Waals surface area contributed by atoms with E-state index in [9.17, 15) is 9.59 Å². The summed E-state index contributed by atoms with van der Waals surface area (Å²) in [6.45, 7) is 7.63. The predicted octanol–water partition coefficient (Wildman–Crippen LogP) is 5.91. The van der Waals surface area contributed by atoms with Gasteiger partial charge in [-0.25, -0.2) is 4.79 Å². The van der Waals surface area contributed by atoms with Crippen LogP contribution in [0.2, 0.25) is 0 Å². The molecule has 3 heterocycles. The molecule has 216 valence electrons. The van der Waals surface area contributed by atoms with E-state index in [0.29, 0.717) is 32.8 Å². The summed E-state index contributed by atoms with van der Waals surface area (Å²) in [5.41, 5.74) is 3.59. The number of carbonyl (C=O) groups excluding carboxylic acids is 2. The number of nitrogens with zero attached hydrogens (tertiary/aromatic N) is 2. The van der Waals surface area contributed by atoms with Crippen molar-refractivity contribution in [2.24, 2.45) is 5.92 Å². The molecule has 3 atom stereocenters. The summed E-state index contributed by atoms with van der Waals surface area (Å²) in [5, 5.41) is 3.14. The Bertz CT molecular complexity index is 1150. The minimum absolute atomic E-state index is 0.0477. The van der Waals surface area contributed by atoms with Crippen LogP contribution in [0.1, 0.15) is 81.5 Å². The van der Waals surface area contributed by atoms with Gasteiger partial charge in [0.2, 0.25) is 5.91 Å². The van der Waals surface area contributed by atoms with Crippen molar-refractivity contribution in [3.8, 4) is 11.5 Å². The molecule has 40 heavy (non-hydrogen) atoms. The number of hydrogen-bond donors (Lipinski definition) is 1. The highest BCUT2D eigenvalue weighted by Crippen LogP contribution is 2.46. The minimum atomic E-state index is -0.122. The van der Waals surface area contributed by atoms with Crippen LogP contribution in [-0.2, 0) is 17.6 Å². The molecule has 7 nitrogen and oxygen atoms in total. The van der Waals surface area contributed by atoms with E-state index in [1.165, 1.54) is 11.1 Å². The summed E-state index contributed by atoms with van der Waals surface area (Å²) in [7, 11) is 0. The summed E-state index contributed by atoms with van der Waals surface area (Å²) < 4.78 is 12.4. The molecular weight excluding hydrogens is 502 g/mol. The minimum Gasteiger partial charge on any atom is -0.490 e. The zero-order valence-electron chi connectivity index (χ0n) is 24.2. The SMILES string of the molecule is CCCCOc1cc2c(cc1OCCCC)[C@H]1C[C@@H]3[C@@H](CCCN3C(=O)NCCc3ccccc3)C(=O)N1CC2. The number of benzene rings is 2. The molecule has 7 heteroatoms. The second-order valence-electron chi connectivity index (χ2n) is 11.4. The van der Waals surface area contributed by atoms with Crippen molar-refractivity contribution in [2.75, 3.05) is 32.8 Å². The van der Waals surface area contributed by atoms with Gasteiger partial charge in [0.1, 0.15) is 0 Å². The Morgan fingerprint density at radius 3 is 2.45 bits per heavy atom. The third-order valence-corrected chi connectivity index (χ3v) is 8.71. The number of rotatable bonds is 11. The zero-order valence-corrected chi connectivity index (χ0v) is 24.2. The predicted molar refractivity (Wildman–Crippen MR) is 157 cm³/mol. The highest BCUT2D eigenvalue weighted by molar-refractivity contribution is 5.83. The maximum absolute atomic E-state index is 13.8. The van der Waals surface area contributed by atoms with Crippen molar-refractivity contribution in [2.45, 2.75) is 83.7 Å². The topological polar surface area (TPSA) is 71.1 Å². The third kappa shape index (κ3) is 6.24. The molecule has 0 bridgehead atoms. The number of ether oxygens (including phenoxy) is 2. The first-order chi connectivity index (χ1) is 19.6. The first-order valence-corrected chi connectivity index (χ1v) is 15.4. The second-order valence-corrected chi connectivity index (χ2v) is 11.4. The molecule has 1 N–H and O–H groups in total. The number of amides is 3. The molecule has 2 fully saturated rings. The fraction of sp³-hybridized carbons (Fsp3) is 0.576. The largest absolute Gasteiger partial charge is 0.490 e. The van der Waals surface area contributed by atoms with E-state index in [1.807, 2.05) is 23.1 Å². The number of nitrogens with one attached hydrogen (secondary N) is 1. The Balaban J connectivity index is 1.34. The Kier molecular flexibility index (Phi) is 9.50. The number of urea groups is 1. The van der Waals surface area contributed by atoms with Crippen LogP contribution in [0.3, 0.4) is 0 Å². The fourth-order valence-corrected chi connectivity index (χ4v) is 6.50. The average molecular weight is 548 g/mol. The van der Waals surface area contributed by atoms with Gasteiger partial charge >= 0.3 is 6.03 Å². The van der Waals surface area contributed by atoms with Gasteiger partial charge in [0.25, 0.3) is 0 Å². The normalized spacial score (nSPS) is 21.8. The lowest BCUT2D eigenvalue weighted by Gasteiger charge is -2.51. The van der Waals surface area contributed by atoms with Gasteiger partial charge in [0.05, 0.1) is 25.2 Å². The van der Waals surface area contributed by atoms with Crippen molar-refractivity contribution < 1.29 is 19.1 Å². The van der Waals surface area contributed by atoms with Gasteiger partial charge < -0.3 is 24.6 Å². The molecule has 0 aromatic heterocycles. The number of hydrogen-bond acceptors (Lipinski definition) is 4. The van der Waals surface area contributed by atoms with Crippen molar-refractivity contribution >= 4 is 11.9 Å². The molecule has 5 rings (SSSR count). The smallest absolute Gasteiger partial charge is 0.317 e. The molecule has 3 amide bonds. The molecule has 2 saturated heterocycles. The summed E-state index contributed by atoms with van der Waals surface area (Å²) in [4.78, 5) is 31.2. The van der Waals surface area contributed by atoms with E-state index in [-0.39, 0.29) is 29.9 Å². The molecule has 0 saturated carbocycles. The Morgan fingerprint density at radius 1 is 1.00 bits per heavy atom. The summed E-state index contributed by atoms with van der Waals surface area (Å²) in [6, 6.07) is 14.3. The lowest BCUT2D eigenvalue weighted by molar-refractivity contribution is -0.148. The van der Waals surface area contributed by atoms with Crippen molar-refractivity contribution in [1.29, 1.82) is 0 Å². The van der Waals surface area contributed by atoms with Gasteiger partial charge in [0.15, 0.2) is 11.5 Å². The maximum atomic E-state index is 13.8. The molecule has 2 aromatic carbocycles. The average Bonchev–Trinajstić information content (AvgIpc) is 2.98. The first kappa shape index (κ1) is 28.3. The summed E-state index contributed by atoms with van der Waals surface area (Å²) in [5.74, 6) is 1.67. The number of carbonyl (C=O) groups is 2. The molecule has 3 aliphatic rings. The maximum Gasteiger partial charge on any atom is 0.317 e. The molecule has 0 aliphatic carbocycles. The molecule has 0 unspecified atom stereocenters. The van der Waals surface area contributed by atoms with E-state index in [4.69, 9.17) is 9.47 Å². The Morgan fingerprint density at radius 2 is 1.73 bits per heavy atom. The van der Waals surface area contributed by atoms with Crippen LogP contribution >= 0.6 is 0 Å². The van der Waals surface area contributed by atoms with Gasteiger partial charge in [-0.15, -0.1) is 0 Å². The van der Waals surface area contributed by atoms with Gasteiger partial charge in [-0.05, 0) is 73.8 Å². The van der Waals surface area contributed by atoms with Crippen LogP contribution in [-0.4, -0.2) is 60.6 Å². The lowest BCUT2D eigenvalue weighted by Crippen LogP contribution is -2.61. The second kappa shape index (κ2) is 13.4. The number of unbranched alkanes of at least 4 members (excludes halogenated alkanes) is 2. The van der Waals surface area contributed by atoms with Crippen LogP contribution in [0.4, 0.5) is 4.79 Å². The molecule has 0 spiro atoms. The van der Waals surface area contributed by atoms with Crippen molar-refractivity contribution in [1.82, 2.24) is 15.1 Å². The zero-order chi connectivity index (χ0) is 27.9. The van der Waals surface area contributed by atoms with E-state index >= 15 is 0 Å². The van der Waals surface area contributed by atoms with Crippen molar-refractivity contribution in [3.63, 3.8) is 0 Å². The monoisotopic (exact) mass is 547 g/mol. The van der Waals surface area contributed by atoms with E-state index < -0.39 is 0 Å². The highest BCUT2D eigenvalue weighted by Gasteiger charge is 2.48. The quantitative estimate of drug-likeness (QED) is 0.355. The van der Waals surface area contributed by atoms with Gasteiger partial charge in [-0.1, -0.05) is 57.0 Å². The first-order valence-electron chi connectivity index (χ1n) is 15.4. The van der Waals surface area contributed by atoms with Crippen LogP contribution < -0.4 is 14.8 Å². The number of fused-ring (bicyclic) bond motifs is 4. The van der Waals surface area contributed by atoms with Crippen molar-refractivity contribution in [3.05, 3.63) is 59.2 Å². The molecular formula is C33H45N3O4. The van der Waals surface area contributed by atoms with Crippen LogP contribution in [0.25, 0.3) is 0 Å². The van der Waals surface area contributed by atoms with Crippen LogP contribution in [0, 0.1) is 5.92 Å². The number of likely N-dealkylation sites (tertiary alicyclic amines) is 1. The van der Waals surface area contributed by atoms with E-state index in [2.05, 4.69) is 48.3 Å². The number of piperidine rings is 2. The van der Waals surface area contributed by atoms with Gasteiger partial charge in [-0.2, -0.15) is 0 Å². The summed E-state index contributed by atoms with van der Waals surface area (Å²) in [6.07, 6.45) is 8.22. The third-order valence-electron chi connectivity index (χ3n) is 8.71. The van der Waals surface area contributed by atoms with E-state index in [1.54, 1.807) is 0 Å². The Hall–Kier alpha value is -3.22. The van der Waals surface area contributed by atoms with Crippen LogP contribution in [0.5, 0.6) is 11.5 Å². The van der Waals surface area contributed by atoms with Gasteiger partial charge in [-0.3, -0.25) is 4.79 Å². The molecule has 3 aliphatic heterocycles. The Labute approximate surface area is 239 Å².